The van der Waals surface area contributed by atoms with Crippen molar-refractivity contribution in [2.24, 2.45) is 0 Å². The Bertz CT molecular complexity index is 810. The number of carbonyl (C=O) groups is 1. The van der Waals surface area contributed by atoms with E-state index in [1.807, 2.05) is 0 Å². The van der Waals surface area contributed by atoms with E-state index in [9.17, 15) is 4.79 Å². The van der Waals surface area contributed by atoms with Crippen molar-refractivity contribution in [2.45, 2.75) is 13.3 Å². The zero-order valence-electron chi connectivity index (χ0n) is 10.3. The van der Waals surface area contributed by atoms with E-state index in [2.05, 4.69) is 8.75 Å². The summed E-state index contributed by atoms with van der Waals surface area (Å²) >= 11 is 13.4. The van der Waals surface area contributed by atoms with E-state index >= 15 is 0 Å². The van der Waals surface area contributed by atoms with Gasteiger partial charge in [0.1, 0.15) is 16.8 Å². The minimum Gasteiger partial charge on any atom is -0.453 e. The van der Waals surface area contributed by atoms with Crippen LogP contribution in [0.15, 0.2) is 22.6 Å². The first kappa shape index (κ1) is 13.5. The van der Waals surface area contributed by atoms with E-state index in [0.29, 0.717) is 44.6 Å². The molecule has 4 nitrogen and oxygen atoms in total. The molecule has 0 radical (unpaired) electrons. The Balaban J connectivity index is 2.21. The summed E-state index contributed by atoms with van der Waals surface area (Å²) < 4.78 is 13.9. The van der Waals surface area contributed by atoms with Crippen LogP contribution in [-0.4, -0.2) is 14.5 Å². The lowest BCUT2D eigenvalue weighted by Gasteiger charge is -2.03. The number of furan rings is 1. The summed E-state index contributed by atoms with van der Waals surface area (Å²) in [5.74, 6) is 0.736. The minimum atomic E-state index is -0.0611. The Labute approximate surface area is 128 Å². The Hall–Kier alpha value is -1.43. The number of hydrogen-bond donors (Lipinski definition) is 0. The van der Waals surface area contributed by atoms with Crippen molar-refractivity contribution in [3.8, 4) is 11.3 Å². The molecule has 0 unspecified atom stereocenters. The van der Waals surface area contributed by atoms with Gasteiger partial charge in [0.25, 0.3) is 0 Å². The van der Waals surface area contributed by atoms with Crippen LogP contribution < -0.4 is 0 Å². The first-order chi connectivity index (χ1) is 9.61. The summed E-state index contributed by atoms with van der Waals surface area (Å²) in [6.45, 7) is 1.78. The molecule has 7 heteroatoms. The summed E-state index contributed by atoms with van der Waals surface area (Å²) in [6.07, 6.45) is 0.384. The third-order valence-electron chi connectivity index (χ3n) is 2.89. The zero-order valence-corrected chi connectivity index (χ0v) is 12.6. The maximum Gasteiger partial charge on any atom is 0.197 e. The van der Waals surface area contributed by atoms with Crippen LogP contribution in [0.5, 0.6) is 0 Å². The Morgan fingerprint density at radius 3 is 2.75 bits per heavy atom. The molecule has 0 fully saturated rings. The molecule has 2 aromatic heterocycles. The van der Waals surface area contributed by atoms with Crippen molar-refractivity contribution in [2.75, 3.05) is 0 Å². The monoisotopic (exact) mass is 326 g/mol. The maximum absolute atomic E-state index is 11.6. The molecule has 20 heavy (non-hydrogen) atoms. The minimum absolute atomic E-state index is 0.0611. The molecule has 0 amide bonds. The number of ketones is 1. The summed E-state index contributed by atoms with van der Waals surface area (Å²) in [5, 5.41) is 0.860. The van der Waals surface area contributed by atoms with E-state index < -0.39 is 0 Å². The van der Waals surface area contributed by atoms with Crippen molar-refractivity contribution in [1.82, 2.24) is 8.75 Å². The van der Waals surface area contributed by atoms with Gasteiger partial charge in [-0.15, -0.1) is 0 Å². The molecule has 0 aliphatic rings. The highest BCUT2D eigenvalue weighted by atomic mass is 35.5. The van der Waals surface area contributed by atoms with Gasteiger partial charge < -0.3 is 4.42 Å². The first-order valence-corrected chi connectivity index (χ1v) is 7.34. The molecule has 0 atom stereocenters. The number of nitrogens with zero attached hydrogens (tertiary/aromatic N) is 2. The topological polar surface area (TPSA) is 56.0 Å². The highest BCUT2D eigenvalue weighted by molar-refractivity contribution is 7.00. The number of hydrogen-bond acceptors (Lipinski definition) is 5. The van der Waals surface area contributed by atoms with Crippen LogP contribution in [0.4, 0.5) is 0 Å². The largest absolute Gasteiger partial charge is 0.453 e. The second kappa shape index (κ2) is 5.16. The molecule has 0 aliphatic heterocycles. The summed E-state index contributed by atoms with van der Waals surface area (Å²) in [5.41, 5.74) is 1.77. The third-order valence-corrected chi connectivity index (χ3v) is 4.01. The molecule has 1 aromatic carbocycles. The summed E-state index contributed by atoms with van der Waals surface area (Å²) in [6, 6.07) is 4.94. The number of aromatic nitrogens is 2. The van der Waals surface area contributed by atoms with Crippen molar-refractivity contribution < 1.29 is 9.21 Å². The number of halogens is 2. The first-order valence-electron chi connectivity index (χ1n) is 5.85. The van der Waals surface area contributed by atoms with Crippen LogP contribution >= 0.6 is 34.9 Å². The van der Waals surface area contributed by atoms with Gasteiger partial charge in [-0.25, -0.2) is 0 Å². The number of rotatable bonds is 3. The van der Waals surface area contributed by atoms with E-state index in [-0.39, 0.29) is 5.78 Å². The van der Waals surface area contributed by atoms with Crippen molar-refractivity contribution in [3.05, 3.63) is 34.0 Å². The smallest absolute Gasteiger partial charge is 0.197 e. The highest BCUT2D eigenvalue weighted by Gasteiger charge is 2.19. The summed E-state index contributed by atoms with van der Waals surface area (Å²) in [4.78, 5) is 11.6. The number of benzene rings is 1. The molecule has 3 rings (SSSR count). The van der Waals surface area contributed by atoms with Crippen molar-refractivity contribution >= 4 is 51.7 Å². The van der Waals surface area contributed by atoms with Crippen LogP contribution in [-0.2, 0) is 0 Å². The lowest BCUT2D eigenvalue weighted by Crippen LogP contribution is -1.92. The van der Waals surface area contributed by atoms with E-state index in [0.717, 1.165) is 11.7 Å². The van der Waals surface area contributed by atoms with Crippen LogP contribution in [0, 0.1) is 0 Å². The van der Waals surface area contributed by atoms with Gasteiger partial charge in [0.2, 0.25) is 0 Å². The van der Waals surface area contributed by atoms with Gasteiger partial charge in [-0.05, 0) is 18.2 Å². The van der Waals surface area contributed by atoms with Crippen molar-refractivity contribution in [3.63, 3.8) is 0 Å². The zero-order chi connectivity index (χ0) is 14.3. The van der Waals surface area contributed by atoms with Crippen LogP contribution in [0.3, 0.4) is 0 Å². The van der Waals surface area contributed by atoms with Crippen LogP contribution in [0.1, 0.15) is 23.9 Å². The molecule has 3 aromatic rings. The molecule has 102 valence electrons. The molecule has 0 saturated carbocycles. The molecule has 0 bridgehead atoms. The molecule has 2 heterocycles. The van der Waals surface area contributed by atoms with Gasteiger partial charge in [0, 0.05) is 6.42 Å². The van der Waals surface area contributed by atoms with Gasteiger partial charge in [-0.1, -0.05) is 30.1 Å². The third kappa shape index (κ3) is 2.12. The second-order valence-corrected chi connectivity index (χ2v) is 5.46. The van der Waals surface area contributed by atoms with Gasteiger partial charge >= 0.3 is 0 Å². The van der Waals surface area contributed by atoms with E-state index in [4.69, 9.17) is 27.6 Å². The molecular weight excluding hydrogens is 319 g/mol. The fourth-order valence-corrected chi connectivity index (χ4v) is 3.11. The molecule has 0 N–H and O–H groups in total. The number of Topliss-reactive ketones (excluding diaryl/α,β-unsaturated/α-hetero) is 1. The Morgan fingerprint density at radius 2 is 2.00 bits per heavy atom. The fraction of sp³-hybridized carbons (Fsp3) is 0.154. The Kier molecular flexibility index (Phi) is 3.50. The number of fused-ring (bicyclic) bond motifs is 1. The lowest BCUT2D eigenvalue weighted by molar-refractivity contribution is 0.0962. The molecule has 0 aliphatic carbocycles. The fourth-order valence-electron chi connectivity index (χ4n) is 1.90. The van der Waals surface area contributed by atoms with Gasteiger partial charge in [0.15, 0.2) is 11.5 Å². The Morgan fingerprint density at radius 1 is 1.25 bits per heavy atom. The quantitative estimate of drug-likeness (QED) is 0.645. The van der Waals surface area contributed by atoms with E-state index in [1.165, 1.54) is 0 Å². The predicted molar refractivity (Wildman–Crippen MR) is 79.8 cm³/mol. The van der Waals surface area contributed by atoms with Crippen LogP contribution in [0.25, 0.3) is 22.4 Å². The van der Waals surface area contributed by atoms with Gasteiger partial charge in [0.05, 0.1) is 27.3 Å². The normalized spacial score (nSPS) is 11.2. The average molecular weight is 327 g/mol. The maximum atomic E-state index is 11.6. The summed E-state index contributed by atoms with van der Waals surface area (Å²) in [7, 11) is 0. The highest BCUT2D eigenvalue weighted by Crippen LogP contribution is 2.38. The molecular formula is C13H8Cl2N2O2S. The SMILES string of the molecule is CCC(=O)c1ccc(-c2c(Cl)cc(Cl)c3nsnc23)o1. The standard InChI is InChI=1S/C13H8Cl2N2O2S/c1-2-8(18)9-3-4-10(19-9)11-6(14)5-7(15)12-13(11)17-20-16-12/h3-5H,2H2,1H3. The predicted octanol–water partition coefficient (Wildman–Crippen LogP) is 4.85. The second-order valence-electron chi connectivity index (χ2n) is 4.12. The van der Waals surface area contributed by atoms with Gasteiger partial charge in [-0.3, -0.25) is 4.79 Å². The average Bonchev–Trinajstić information content (AvgIpc) is 3.07. The lowest BCUT2D eigenvalue weighted by atomic mass is 10.1. The van der Waals surface area contributed by atoms with Crippen LogP contribution in [0.2, 0.25) is 10.0 Å². The number of carbonyl (C=O) groups excluding carboxylic acids is 1. The van der Waals surface area contributed by atoms with Crippen molar-refractivity contribution in [1.29, 1.82) is 0 Å². The van der Waals surface area contributed by atoms with E-state index in [1.54, 1.807) is 25.1 Å². The molecule has 0 saturated heterocycles. The van der Waals surface area contributed by atoms with Gasteiger partial charge in [-0.2, -0.15) is 8.75 Å². The molecule has 0 spiro atoms.